The van der Waals surface area contributed by atoms with E-state index in [1.165, 1.54) is 0 Å². The fourth-order valence-corrected chi connectivity index (χ4v) is 3.49. The normalized spacial score (nSPS) is 15.2. The van der Waals surface area contributed by atoms with Gasteiger partial charge < -0.3 is 9.29 Å². The Balaban J connectivity index is 2.32. The maximum atomic E-state index is 11.9. The summed E-state index contributed by atoms with van der Waals surface area (Å²) in [5, 5.41) is 0. The molecule has 2 unspecified atom stereocenters. The summed E-state index contributed by atoms with van der Waals surface area (Å²) in [6, 6.07) is 17.8. The van der Waals surface area contributed by atoms with Gasteiger partial charge in [-0.15, -0.1) is 0 Å². The van der Waals surface area contributed by atoms with Gasteiger partial charge in [-0.05, 0) is 56.5 Å². The van der Waals surface area contributed by atoms with E-state index < -0.39 is 16.9 Å². The first-order chi connectivity index (χ1) is 11.0. The molecule has 2 aromatic carbocycles. The second-order valence-corrected chi connectivity index (χ2v) is 7.35. The van der Waals surface area contributed by atoms with Crippen LogP contribution in [0.5, 0.6) is 5.75 Å². The first-order valence-electron chi connectivity index (χ1n) is 7.94. The Bertz CT molecular complexity index is 601. The number of benzene rings is 2. The lowest BCUT2D eigenvalue weighted by atomic mass is 9.98. The van der Waals surface area contributed by atoms with Gasteiger partial charge in [0.05, 0.1) is 0 Å². The maximum absolute atomic E-state index is 11.9. The van der Waals surface area contributed by atoms with Crippen LogP contribution in [-0.4, -0.2) is 29.3 Å². The molecule has 23 heavy (non-hydrogen) atoms. The van der Waals surface area contributed by atoms with Crippen LogP contribution in [0, 0.1) is 0 Å². The molecule has 0 radical (unpaired) electrons. The summed E-state index contributed by atoms with van der Waals surface area (Å²) in [7, 11) is 4.05. The Morgan fingerprint density at radius 2 is 1.61 bits per heavy atom. The van der Waals surface area contributed by atoms with E-state index in [2.05, 4.69) is 24.0 Å². The highest BCUT2D eigenvalue weighted by atomic mass is 32.2. The third kappa shape index (κ3) is 3.89. The van der Waals surface area contributed by atoms with Crippen molar-refractivity contribution < 1.29 is 9.29 Å². The fourth-order valence-electron chi connectivity index (χ4n) is 2.72. The van der Waals surface area contributed by atoms with Crippen molar-refractivity contribution in [2.45, 2.75) is 30.9 Å². The van der Waals surface area contributed by atoms with Gasteiger partial charge >= 0.3 is 0 Å². The number of rotatable bonds is 7. The Hall–Kier alpha value is -1.49. The summed E-state index contributed by atoms with van der Waals surface area (Å²) < 4.78 is 18.3. The molecule has 2 atom stereocenters. The molecule has 0 aromatic heterocycles. The molecule has 0 aliphatic heterocycles. The van der Waals surface area contributed by atoms with Gasteiger partial charge in [-0.25, -0.2) is 0 Å². The van der Waals surface area contributed by atoms with Crippen molar-refractivity contribution in [2.75, 3.05) is 19.8 Å². The van der Waals surface area contributed by atoms with Gasteiger partial charge in [0.2, 0.25) is 0 Å². The molecule has 124 valence electrons. The Morgan fingerprint density at radius 3 is 2.09 bits per heavy atom. The van der Waals surface area contributed by atoms with Crippen molar-refractivity contribution in [3.8, 4) is 5.75 Å². The minimum absolute atomic E-state index is 0.521. The van der Waals surface area contributed by atoms with E-state index in [4.69, 9.17) is 4.74 Å². The molecule has 2 rings (SSSR count). The van der Waals surface area contributed by atoms with E-state index in [-0.39, 0.29) is 0 Å². The molecule has 0 saturated heterocycles. The zero-order valence-electron chi connectivity index (χ0n) is 14.3. The molecule has 2 aromatic rings. The molecule has 0 amide bonds. The minimum Gasteiger partial charge on any atom is -0.611 e. The molecule has 0 saturated carbocycles. The predicted octanol–water partition coefficient (Wildman–Crippen LogP) is 4.02. The largest absolute Gasteiger partial charge is 0.611 e. The summed E-state index contributed by atoms with van der Waals surface area (Å²) in [4.78, 5) is 2.94. The molecular weight excluding hydrogens is 306 g/mol. The molecule has 0 spiro atoms. The van der Waals surface area contributed by atoms with Crippen LogP contribution in [0.25, 0.3) is 0 Å². The lowest BCUT2D eigenvalue weighted by molar-refractivity contribution is -0.0674. The van der Waals surface area contributed by atoms with Crippen LogP contribution in [0.4, 0.5) is 0 Å². The van der Waals surface area contributed by atoms with Gasteiger partial charge in [-0.1, -0.05) is 37.3 Å². The molecule has 0 aliphatic rings. The average Bonchev–Trinajstić information content (AvgIpc) is 2.60. The monoisotopic (exact) mass is 331 g/mol. The zero-order chi connectivity index (χ0) is 16.9. The van der Waals surface area contributed by atoms with Crippen molar-refractivity contribution in [1.29, 1.82) is 0 Å². The van der Waals surface area contributed by atoms with E-state index in [0.29, 0.717) is 5.75 Å². The third-order valence-corrected chi connectivity index (χ3v) is 5.38. The minimum atomic E-state index is -0.934. The summed E-state index contributed by atoms with van der Waals surface area (Å²) in [5.41, 5.74) is 0.598. The summed E-state index contributed by atoms with van der Waals surface area (Å²) in [6.07, 6.45) is 0.812. The molecule has 0 fully saturated rings. The van der Waals surface area contributed by atoms with Crippen LogP contribution in [0.3, 0.4) is 0 Å². The number of ether oxygens (including phenoxy) is 1. The second kappa shape index (κ2) is 7.86. The van der Waals surface area contributed by atoms with Gasteiger partial charge in [0.25, 0.3) is 0 Å². The van der Waals surface area contributed by atoms with Crippen LogP contribution in [0.15, 0.2) is 59.5 Å². The van der Waals surface area contributed by atoms with Gasteiger partial charge in [0, 0.05) is 12.0 Å². The molecule has 0 heterocycles. The summed E-state index contributed by atoms with van der Waals surface area (Å²) in [5.74, 6) is 1.40. The molecule has 3 nitrogen and oxygen atoms in total. The van der Waals surface area contributed by atoms with E-state index >= 15 is 0 Å². The van der Waals surface area contributed by atoms with Crippen molar-refractivity contribution >= 4 is 11.2 Å². The SMILES string of the molecule is CC[S+]([O-])c1ccc(OC(CC)(c2ccccc2)N(C)C)cc1. The van der Waals surface area contributed by atoms with Gasteiger partial charge in [0.15, 0.2) is 10.6 Å². The van der Waals surface area contributed by atoms with Gasteiger partial charge in [-0.3, -0.25) is 4.90 Å². The van der Waals surface area contributed by atoms with Crippen LogP contribution in [0.1, 0.15) is 25.8 Å². The molecule has 0 bridgehead atoms. The third-order valence-electron chi connectivity index (χ3n) is 4.06. The average molecular weight is 331 g/mol. The second-order valence-electron chi connectivity index (χ2n) is 5.61. The van der Waals surface area contributed by atoms with Crippen molar-refractivity contribution in [3.63, 3.8) is 0 Å². The Labute approximate surface area is 142 Å². The van der Waals surface area contributed by atoms with E-state index in [9.17, 15) is 4.55 Å². The smallest absolute Gasteiger partial charge is 0.188 e. The van der Waals surface area contributed by atoms with Gasteiger partial charge in [-0.2, -0.15) is 0 Å². The first-order valence-corrected chi connectivity index (χ1v) is 9.25. The zero-order valence-corrected chi connectivity index (χ0v) is 15.1. The molecule has 0 aliphatic carbocycles. The lowest BCUT2D eigenvalue weighted by Crippen LogP contribution is -2.46. The van der Waals surface area contributed by atoms with Crippen LogP contribution in [0.2, 0.25) is 0 Å². The Morgan fingerprint density at radius 1 is 1.00 bits per heavy atom. The van der Waals surface area contributed by atoms with Crippen molar-refractivity contribution in [3.05, 3.63) is 60.2 Å². The number of hydrogen-bond acceptors (Lipinski definition) is 3. The fraction of sp³-hybridized carbons (Fsp3) is 0.368. The number of nitrogens with zero attached hydrogens (tertiary/aromatic N) is 1. The highest BCUT2D eigenvalue weighted by Crippen LogP contribution is 2.33. The van der Waals surface area contributed by atoms with E-state index in [1.54, 1.807) is 0 Å². The highest BCUT2D eigenvalue weighted by Gasteiger charge is 2.35. The number of hydrogen-bond donors (Lipinski definition) is 0. The van der Waals surface area contributed by atoms with Crippen LogP contribution >= 0.6 is 0 Å². The van der Waals surface area contributed by atoms with E-state index in [0.717, 1.165) is 22.6 Å². The van der Waals surface area contributed by atoms with Crippen LogP contribution in [-0.2, 0) is 16.9 Å². The standard InChI is InChI=1S/C19H25NO2S/c1-5-19(20(3)4,16-10-8-7-9-11-16)22-17-12-14-18(15-13-17)23(21)6-2/h7-15H,5-6H2,1-4H3. The molecule has 4 heteroatoms. The lowest BCUT2D eigenvalue weighted by Gasteiger charge is -2.39. The topological polar surface area (TPSA) is 35.5 Å². The van der Waals surface area contributed by atoms with Crippen molar-refractivity contribution in [2.24, 2.45) is 0 Å². The Kier molecular flexibility index (Phi) is 6.10. The first kappa shape index (κ1) is 17.9. The maximum Gasteiger partial charge on any atom is 0.188 e. The molecule has 0 N–H and O–H groups in total. The highest BCUT2D eigenvalue weighted by molar-refractivity contribution is 7.91. The summed E-state index contributed by atoms with van der Waals surface area (Å²) in [6.45, 7) is 4.04. The predicted molar refractivity (Wildman–Crippen MR) is 96.1 cm³/mol. The van der Waals surface area contributed by atoms with Crippen molar-refractivity contribution in [1.82, 2.24) is 4.90 Å². The summed E-state index contributed by atoms with van der Waals surface area (Å²) >= 11 is -0.934. The molecular formula is C19H25NO2S. The van der Waals surface area contributed by atoms with E-state index in [1.807, 2.05) is 63.5 Å². The van der Waals surface area contributed by atoms with Gasteiger partial charge in [0.1, 0.15) is 11.5 Å². The quantitative estimate of drug-likeness (QED) is 0.568. The van der Waals surface area contributed by atoms with Crippen LogP contribution < -0.4 is 4.74 Å².